The molecule has 0 spiro atoms. The maximum Gasteiger partial charge on any atom is 0.255 e. The molecule has 2 heterocycles. The number of aromatic nitrogens is 1. The maximum absolute atomic E-state index is 14.1. The van der Waals surface area contributed by atoms with Gasteiger partial charge in [0.25, 0.3) is 11.8 Å². The standard InChI is InChI=1S/C41H47FN6O10/c1-22(2)36-39(53)44-20-28-30(56-4)9-8-10-31(28)58-33-17-24(11-14-32(33)57-5)38(52)43-15-6-7-16-48(21-35(51)46-37(23(3)49)40(54)47-36)41(55)27-19-34(50)45-29-18-25(42)12-13-26(27)29/h8-14,17-19,22-23,36-37,49H,6-7,15-16,20-21H2,1-5H3,(H,43,52)(H,44,53)(H,45,50)(H,46,51)(H,47,54)/t23-,36-,37+/m1/s1. The fourth-order valence-electron chi connectivity index (χ4n) is 6.45. The van der Waals surface area contributed by atoms with Crippen molar-refractivity contribution in [3.63, 3.8) is 0 Å². The number of nitrogens with one attached hydrogen (secondary N) is 5. The van der Waals surface area contributed by atoms with Gasteiger partial charge in [0.05, 0.1) is 50.1 Å². The van der Waals surface area contributed by atoms with Crippen LogP contribution in [0.15, 0.2) is 65.5 Å². The zero-order valence-electron chi connectivity index (χ0n) is 32.8. The highest BCUT2D eigenvalue weighted by molar-refractivity contribution is 6.07. The molecule has 308 valence electrons. The van der Waals surface area contributed by atoms with Crippen molar-refractivity contribution in [2.75, 3.05) is 33.9 Å². The summed E-state index contributed by atoms with van der Waals surface area (Å²) in [6, 6.07) is 11.6. The van der Waals surface area contributed by atoms with E-state index in [9.17, 15) is 38.3 Å². The third-order valence-electron chi connectivity index (χ3n) is 9.52. The number of carbonyl (C=O) groups is 5. The molecule has 16 nitrogen and oxygen atoms in total. The summed E-state index contributed by atoms with van der Waals surface area (Å²) >= 11 is 0. The van der Waals surface area contributed by atoms with Crippen molar-refractivity contribution < 1.29 is 47.7 Å². The molecule has 0 fully saturated rings. The van der Waals surface area contributed by atoms with E-state index in [2.05, 4.69) is 26.3 Å². The molecule has 0 aliphatic carbocycles. The topological polar surface area (TPSA) is 217 Å². The predicted molar refractivity (Wildman–Crippen MR) is 210 cm³/mol. The van der Waals surface area contributed by atoms with Crippen LogP contribution in [0.25, 0.3) is 10.9 Å². The van der Waals surface area contributed by atoms with Crippen molar-refractivity contribution in [3.8, 4) is 23.0 Å². The van der Waals surface area contributed by atoms with Gasteiger partial charge in [-0.1, -0.05) is 19.9 Å². The highest BCUT2D eigenvalue weighted by Gasteiger charge is 2.32. The Labute approximate surface area is 333 Å². The van der Waals surface area contributed by atoms with E-state index in [1.54, 1.807) is 44.2 Å². The summed E-state index contributed by atoms with van der Waals surface area (Å²) in [6.07, 6.45) is -0.811. The first-order valence-electron chi connectivity index (χ1n) is 18.7. The summed E-state index contributed by atoms with van der Waals surface area (Å²) < 4.78 is 31.4. The van der Waals surface area contributed by atoms with Crippen LogP contribution in [0.2, 0.25) is 0 Å². The van der Waals surface area contributed by atoms with Crippen molar-refractivity contribution in [2.24, 2.45) is 5.92 Å². The van der Waals surface area contributed by atoms with Crippen LogP contribution in [0.3, 0.4) is 0 Å². The van der Waals surface area contributed by atoms with Gasteiger partial charge >= 0.3 is 0 Å². The molecule has 5 amide bonds. The lowest BCUT2D eigenvalue weighted by Gasteiger charge is -2.28. The second-order valence-electron chi connectivity index (χ2n) is 14.1. The molecule has 1 aliphatic rings. The average molecular weight is 803 g/mol. The fourth-order valence-corrected chi connectivity index (χ4v) is 6.45. The Bertz CT molecular complexity index is 2240. The van der Waals surface area contributed by atoms with E-state index < -0.39 is 71.6 Å². The first-order valence-corrected chi connectivity index (χ1v) is 18.7. The number of methoxy groups -OCH3 is 2. The number of ether oxygens (including phenoxy) is 3. The first-order chi connectivity index (χ1) is 27.7. The summed E-state index contributed by atoms with van der Waals surface area (Å²) in [5.74, 6) is -3.35. The molecule has 0 saturated carbocycles. The summed E-state index contributed by atoms with van der Waals surface area (Å²) in [4.78, 5) is 84.5. The Hall–Kier alpha value is -6.49. The van der Waals surface area contributed by atoms with Crippen LogP contribution in [0.5, 0.6) is 23.0 Å². The van der Waals surface area contributed by atoms with Crippen molar-refractivity contribution in [2.45, 2.75) is 58.3 Å². The Morgan fingerprint density at radius 3 is 2.33 bits per heavy atom. The summed E-state index contributed by atoms with van der Waals surface area (Å²) in [5, 5.41) is 21.6. The number of aromatic amines is 1. The van der Waals surface area contributed by atoms with E-state index in [1.807, 2.05) is 0 Å². The molecule has 58 heavy (non-hydrogen) atoms. The molecule has 4 aromatic rings. The highest BCUT2D eigenvalue weighted by atomic mass is 19.1. The third kappa shape index (κ3) is 10.3. The zero-order chi connectivity index (χ0) is 42.1. The molecule has 0 unspecified atom stereocenters. The van der Waals surface area contributed by atoms with Gasteiger partial charge in [0.15, 0.2) is 11.5 Å². The van der Waals surface area contributed by atoms with Crippen LogP contribution >= 0.6 is 0 Å². The molecular formula is C41H47FN6O10. The number of aliphatic hydroxyl groups is 1. The minimum absolute atomic E-state index is 0.0395. The maximum atomic E-state index is 14.1. The second-order valence-corrected chi connectivity index (χ2v) is 14.1. The lowest BCUT2D eigenvalue weighted by molar-refractivity contribution is -0.135. The lowest BCUT2D eigenvalue weighted by atomic mass is 10.0. The molecule has 6 N–H and O–H groups in total. The molecule has 3 atom stereocenters. The minimum atomic E-state index is -1.54. The normalized spacial score (nSPS) is 18.2. The van der Waals surface area contributed by atoms with E-state index in [0.717, 1.165) is 23.1 Å². The molecular weight excluding hydrogens is 755 g/mol. The highest BCUT2D eigenvalue weighted by Crippen LogP contribution is 2.37. The van der Waals surface area contributed by atoms with Crippen LogP contribution < -0.4 is 41.0 Å². The lowest BCUT2D eigenvalue weighted by Crippen LogP contribution is -2.59. The molecule has 17 heteroatoms. The second kappa shape index (κ2) is 19.1. The van der Waals surface area contributed by atoms with Gasteiger partial charge in [-0.05, 0) is 74.2 Å². The van der Waals surface area contributed by atoms with E-state index in [-0.39, 0.29) is 59.6 Å². The smallest absolute Gasteiger partial charge is 0.255 e. The van der Waals surface area contributed by atoms with E-state index in [4.69, 9.17) is 14.2 Å². The zero-order valence-corrected chi connectivity index (χ0v) is 32.8. The summed E-state index contributed by atoms with van der Waals surface area (Å²) in [7, 11) is 2.90. The Morgan fingerprint density at radius 2 is 1.62 bits per heavy atom. The van der Waals surface area contributed by atoms with Gasteiger partial charge in [-0.15, -0.1) is 0 Å². The minimum Gasteiger partial charge on any atom is -0.496 e. The first kappa shape index (κ1) is 42.6. The van der Waals surface area contributed by atoms with Crippen molar-refractivity contribution in [3.05, 3.63) is 93.5 Å². The van der Waals surface area contributed by atoms with Gasteiger partial charge in [0.1, 0.15) is 29.4 Å². The number of hydrogen-bond donors (Lipinski definition) is 6. The van der Waals surface area contributed by atoms with Crippen molar-refractivity contribution in [1.29, 1.82) is 0 Å². The van der Waals surface area contributed by atoms with Gasteiger partial charge in [-0.3, -0.25) is 28.8 Å². The fraction of sp³-hybridized carbons (Fsp3) is 0.366. The Morgan fingerprint density at radius 1 is 0.862 bits per heavy atom. The molecule has 2 bridgehead atoms. The number of hydrogen-bond acceptors (Lipinski definition) is 10. The van der Waals surface area contributed by atoms with Crippen molar-refractivity contribution in [1.82, 2.24) is 31.2 Å². The molecule has 1 aliphatic heterocycles. The molecule has 0 radical (unpaired) electrons. The summed E-state index contributed by atoms with van der Waals surface area (Å²) in [5.41, 5.74) is -0.000977. The van der Waals surface area contributed by atoms with Gasteiger partial charge in [-0.25, -0.2) is 4.39 Å². The van der Waals surface area contributed by atoms with Crippen LogP contribution in [0.1, 0.15) is 59.9 Å². The monoisotopic (exact) mass is 802 g/mol. The Kier molecular flexibility index (Phi) is 14.0. The van der Waals surface area contributed by atoms with Crippen LogP contribution in [-0.2, 0) is 20.9 Å². The van der Waals surface area contributed by atoms with E-state index in [1.165, 1.54) is 33.3 Å². The number of rotatable bonds is 5. The SMILES string of the molecule is COc1ccc2cc1Oc1cccc(OC)c1CNC(=O)[C@@H](C(C)C)NC(=O)[C@H]([C@@H](C)O)NC(=O)CN(C(=O)c1cc(=O)[nH]c3cc(F)ccc13)CCCCNC2=O. The summed E-state index contributed by atoms with van der Waals surface area (Å²) in [6.45, 7) is 4.10. The predicted octanol–water partition coefficient (Wildman–Crippen LogP) is 2.77. The van der Waals surface area contributed by atoms with Crippen molar-refractivity contribution >= 4 is 40.4 Å². The van der Waals surface area contributed by atoms with Gasteiger partial charge in [-0.2, -0.15) is 0 Å². The Balaban J connectivity index is 1.49. The molecule has 5 rings (SSSR count). The number of pyridine rings is 1. The number of fused-ring (bicyclic) bond motifs is 4. The average Bonchev–Trinajstić information content (AvgIpc) is 3.19. The number of benzene rings is 3. The third-order valence-corrected chi connectivity index (χ3v) is 9.52. The van der Waals surface area contributed by atoms with E-state index in [0.29, 0.717) is 23.5 Å². The number of nitrogens with zero attached hydrogens (tertiary/aromatic N) is 1. The van der Waals surface area contributed by atoms with Crippen LogP contribution in [0, 0.1) is 11.7 Å². The molecule has 1 aromatic heterocycles. The van der Waals surface area contributed by atoms with Gasteiger partial charge < -0.3 is 50.5 Å². The number of H-pyrrole nitrogens is 1. The van der Waals surface area contributed by atoms with Gasteiger partial charge in [0, 0.05) is 30.1 Å². The molecule has 0 saturated heterocycles. The quantitative estimate of drug-likeness (QED) is 0.173. The van der Waals surface area contributed by atoms with Crippen LogP contribution in [-0.4, -0.2) is 96.6 Å². The van der Waals surface area contributed by atoms with E-state index >= 15 is 0 Å². The number of carbonyl (C=O) groups excluding carboxylic acids is 5. The van der Waals surface area contributed by atoms with Crippen LogP contribution in [0.4, 0.5) is 4.39 Å². The number of halogens is 1. The largest absolute Gasteiger partial charge is 0.496 e. The van der Waals surface area contributed by atoms with Gasteiger partial charge in [0.2, 0.25) is 23.3 Å². The molecule has 3 aromatic carbocycles. The number of amides is 5. The number of aliphatic hydroxyl groups excluding tert-OH is 1.